The monoisotopic (exact) mass is 480 g/mol. The number of hydrogen-bond acceptors (Lipinski definition) is 5. The Hall–Kier alpha value is -3.39. The normalized spacial score (nSPS) is 19.6. The second kappa shape index (κ2) is 10.9. The molecule has 8 heteroatoms. The van der Waals surface area contributed by atoms with Crippen LogP contribution in [0.3, 0.4) is 0 Å². The Kier molecular flexibility index (Phi) is 7.70. The minimum atomic E-state index is -1.09. The summed E-state index contributed by atoms with van der Waals surface area (Å²) in [6.07, 6.45) is -0.155. The molecule has 1 aliphatic carbocycles. The predicted molar refractivity (Wildman–Crippen MR) is 130 cm³/mol. The Balaban J connectivity index is 1.34. The van der Waals surface area contributed by atoms with Crippen LogP contribution in [-0.4, -0.2) is 54.5 Å². The average Bonchev–Trinajstić information content (AvgIpc) is 3.42. The van der Waals surface area contributed by atoms with E-state index in [-0.39, 0.29) is 19.1 Å². The van der Waals surface area contributed by atoms with Crippen molar-refractivity contribution in [1.29, 1.82) is 0 Å². The first kappa shape index (κ1) is 24.7. The summed E-state index contributed by atoms with van der Waals surface area (Å²) in [4.78, 5) is 37.0. The van der Waals surface area contributed by atoms with Crippen molar-refractivity contribution in [3.63, 3.8) is 0 Å². The van der Waals surface area contributed by atoms with E-state index in [0.717, 1.165) is 22.3 Å². The molecular formula is C27H32N2O6. The number of rotatable bonds is 9. The van der Waals surface area contributed by atoms with Gasteiger partial charge in [-0.15, -0.1) is 0 Å². The quantitative estimate of drug-likeness (QED) is 0.504. The van der Waals surface area contributed by atoms with Crippen molar-refractivity contribution in [2.24, 2.45) is 5.92 Å². The Morgan fingerprint density at radius 3 is 2.26 bits per heavy atom. The van der Waals surface area contributed by atoms with Gasteiger partial charge in [0.15, 0.2) is 6.10 Å². The largest absolute Gasteiger partial charge is 0.480 e. The van der Waals surface area contributed by atoms with Crippen LogP contribution in [0.25, 0.3) is 11.1 Å². The van der Waals surface area contributed by atoms with Gasteiger partial charge in [0, 0.05) is 12.5 Å². The highest BCUT2D eigenvalue weighted by Crippen LogP contribution is 2.44. The number of alkyl carbamates (subject to hydrolysis) is 1. The van der Waals surface area contributed by atoms with Crippen LogP contribution < -0.4 is 10.6 Å². The molecule has 4 rings (SSSR count). The third kappa shape index (κ3) is 5.65. The molecule has 1 saturated heterocycles. The zero-order valence-corrected chi connectivity index (χ0v) is 20.0. The average molecular weight is 481 g/mol. The van der Waals surface area contributed by atoms with Gasteiger partial charge in [-0.1, -0.05) is 62.4 Å². The van der Waals surface area contributed by atoms with E-state index in [1.54, 1.807) is 0 Å². The lowest BCUT2D eigenvalue weighted by atomic mass is 9.98. The smallest absolute Gasteiger partial charge is 0.407 e. The molecule has 2 aliphatic rings. The van der Waals surface area contributed by atoms with Gasteiger partial charge in [0.2, 0.25) is 0 Å². The molecule has 1 fully saturated rings. The van der Waals surface area contributed by atoms with E-state index in [0.29, 0.717) is 25.2 Å². The number of nitrogens with one attached hydrogen (secondary N) is 2. The van der Waals surface area contributed by atoms with Gasteiger partial charge in [-0.25, -0.2) is 9.59 Å². The van der Waals surface area contributed by atoms with Crippen LogP contribution in [0, 0.1) is 5.92 Å². The fourth-order valence-electron chi connectivity index (χ4n) is 4.80. The molecule has 0 bridgehead atoms. The van der Waals surface area contributed by atoms with Crippen molar-refractivity contribution < 1.29 is 29.0 Å². The number of carboxylic acid groups (broad SMARTS) is 1. The zero-order valence-electron chi connectivity index (χ0n) is 20.0. The molecule has 35 heavy (non-hydrogen) atoms. The summed E-state index contributed by atoms with van der Waals surface area (Å²) < 4.78 is 11.1. The van der Waals surface area contributed by atoms with E-state index in [1.807, 2.05) is 50.2 Å². The molecular weight excluding hydrogens is 448 g/mol. The lowest BCUT2D eigenvalue weighted by Crippen LogP contribution is -2.52. The summed E-state index contributed by atoms with van der Waals surface area (Å²) in [5.41, 5.74) is 4.51. The van der Waals surface area contributed by atoms with Gasteiger partial charge in [0.25, 0.3) is 5.91 Å². The molecule has 1 heterocycles. The number of aliphatic carboxylic acids is 1. The summed E-state index contributed by atoms with van der Waals surface area (Å²) in [6.45, 7) is 4.45. The molecule has 186 valence electrons. The van der Waals surface area contributed by atoms with Crippen LogP contribution in [0.4, 0.5) is 4.79 Å². The Labute approximate surface area is 205 Å². The number of ether oxygens (including phenoxy) is 2. The number of carboxylic acids is 1. The fourth-order valence-corrected chi connectivity index (χ4v) is 4.80. The second-order valence-electron chi connectivity index (χ2n) is 9.53. The summed E-state index contributed by atoms with van der Waals surface area (Å²) in [5, 5.41) is 14.8. The number of fused-ring (bicyclic) bond motifs is 3. The van der Waals surface area contributed by atoms with Gasteiger partial charge in [-0.2, -0.15) is 0 Å². The van der Waals surface area contributed by atoms with Crippen LogP contribution in [-0.2, 0) is 19.1 Å². The van der Waals surface area contributed by atoms with Crippen molar-refractivity contribution in [1.82, 2.24) is 10.6 Å². The molecule has 2 aromatic carbocycles. The van der Waals surface area contributed by atoms with E-state index in [9.17, 15) is 19.5 Å². The Morgan fingerprint density at radius 2 is 1.66 bits per heavy atom. The number of carbonyl (C=O) groups excluding carboxylic acids is 2. The van der Waals surface area contributed by atoms with Crippen molar-refractivity contribution >= 4 is 18.0 Å². The predicted octanol–water partition coefficient (Wildman–Crippen LogP) is 3.69. The van der Waals surface area contributed by atoms with Gasteiger partial charge in [-0.3, -0.25) is 4.79 Å². The standard InChI is InChI=1S/C27H32N2O6/c1-16(2)11-12-23(26(31)32)28-25(30)24-22(13-14-34-24)29-27(33)35-15-21-19-9-5-3-7-17(19)18-8-4-6-10-20(18)21/h3-10,16,21-24H,11-15H2,1-2H3,(H,28,30)(H,29,33)(H,31,32)/t22-,23?,24+/m1/s1. The minimum absolute atomic E-state index is 0.0654. The molecule has 2 amide bonds. The van der Waals surface area contributed by atoms with Gasteiger partial charge >= 0.3 is 12.1 Å². The third-order valence-electron chi connectivity index (χ3n) is 6.64. The van der Waals surface area contributed by atoms with Gasteiger partial charge in [-0.05, 0) is 47.4 Å². The van der Waals surface area contributed by atoms with Crippen LogP contribution >= 0.6 is 0 Å². The van der Waals surface area contributed by atoms with E-state index >= 15 is 0 Å². The van der Waals surface area contributed by atoms with Crippen LogP contribution in [0.5, 0.6) is 0 Å². The molecule has 8 nitrogen and oxygen atoms in total. The van der Waals surface area contributed by atoms with Crippen LogP contribution in [0.1, 0.15) is 50.2 Å². The zero-order chi connectivity index (χ0) is 24.9. The van der Waals surface area contributed by atoms with E-state index in [4.69, 9.17) is 9.47 Å². The Morgan fingerprint density at radius 1 is 1.03 bits per heavy atom. The molecule has 1 aliphatic heterocycles. The van der Waals surface area contributed by atoms with Crippen LogP contribution in [0.15, 0.2) is 48.5 Å². The van der Waals surface area contributed by atoms with Crippen molar-refractivity contribution in [2.75, 3.05) is 13.2 Å². The molecule has 0 radical (unpaired) electrons. The van der Waals surface area contributed by atoms with Gasteiger partial charge in [0.1, 0.15) is 12.6 Å². The maximum atomic E-state index is 12.7. The first-order valence-corrected chi connectivity index (χ1v) is 12.1. The summed E-state index contributed by atoms with van der Waals surface area (Å²) in [7, 11) is 0. The minimum Gasteiger partial charge on any atom is -0.480 e. The molecule has 0 saturated carbocycles. The van der Waals surface area contributed by atoms with E-state index < -0.39 is 36.2 Å². The molecule has 0 spiro atoms. The van der Waals surface area contributed by atoms with Crippen LogP contribution in [0.2, 0.25) is 0 Å². The van der Waals surface area contributed by atoms with Gasteiger partial charge in [0.05, 0.1) is 6.04 Å². The fraction of sp³-hybridized carbons (Fsp3) is 0.444. The Bertz CT molecular complexity index is 1040. The number of carbonyl (C=O) groups is 3. The number of benzene rings is 2. The van der Waals surface area contributed by atoms with Crippen molar-refractivity contribution in [2.45, 2.75) is 57.2 Å². The summed E-state index contributed by atoms with van der Waals surface area (Å²) >= 11 is 0. The highest BCUT2D eigenvalue weighted by molar-refractivity contribution is 5.87. The maximum Gasteiger partial charge on any atom is 0.407 e. The SMILES string of the molecule is CC(C)CCC(NC(=O)[C@H]1OCC[C@H]1NC(=O)OCC1c2ccccc2-c2ccccc21)C(=O)O. The number of hydrogen-bond donors (Lipinski definition) is 3. The van der Waals surface area contributed by atoms with Crippen molar-refractivity contribution in [3.8, 4) is 11.1 Å². The molecule has 1 unspecified atom stereocenters. The highest BCUT2D eigenvalue weighted by Gasteiger charge is 2.37. The lowest BCUT2D eigenvalue weighted by molar-refractivity contribution is -0.144. The van der Waals surface area contributed by atoms with Crippen molar-refractivity contribution in [3.05, 3.63) is 59.7 Å². The van der Waals surface area contributed by atoms with E-state index in [1.165, 1.54) is 0 Å². The summed E-state index contributed by atoms with van der Waals surface area (Å²) in [5.74, 6) is -1.37. The topological polar surface area (TPSA) is 114 Å². The molecule has 3 N–H and O–H groups in total. The molecule has 3 atom stereocenters. The first-order valence-electron chi connectivity index (χ1n) is 12.1. The molecule has 0 aromatic heterocycles. The number of amides is 2. The lowest BCUT2D eigenvalue weighted by Gasteiger charge is -2.22. The third-order valence-corrected chi connectivity index (χ3v) is 6.64. The van der Waals surface area contributed by atoms with Gasteiger partial charge < -0.3 is 25.2 Å². The second-order valence-corrected chi connectivity index (χ2v) is 9.53. The first-order chi connectivity index (χ1) is 16.8. The summed E-state index contributed by atoms with van der Waals surface area (Å²) in [6, 6.07) is 14.6. The molecule has 2 aromatic rings. The van der Waals surface area contributed by atoms with E-state index in [2.05, 4.69) is 22.8 Å². The maximum absolute atomic E-state index is 12.7. The highest BCUT2D eigenvalue weighted by atomic mass is 16.6.